The summed E-state index contributed by atoms with van der Waals surface area (Å²) in [4.78, 5) is 34.2. The van der Waals surface area contributed by atoms with E-state index in [1.165, 1.54) is 16.5 Å². The van der Waals surface area contributed by atoms with Crippen LogP contribution >= 0.6 is 0 Å². The van der Waals surface area contributed by atoms with Gasteiger partial charge in [0.15, 0.2) is 0 Å². The van der Waals surface area contributed by atoms with Crippen LogP contribution in [0.5, 0.6) is 0 Å². The third kappa shape index (κ3) is 6.06. The molecule has 7 heteroatoms. The normalized spacial score (nSPS) is 12.7. The van der Waals surface area contributed by atoms with Crippen LogP contribution in [0.1, 0.15) is 65.0 Å². The molecule has 1 amide bonds. The Hall–Kier alpha value is -4.23. The molecule has 0 spiro atoms. The van der Waals surface area contributed by atoms with Gasteiger partial charge in [-0.3, -0.25) is 9.69 Å². The van der Waals surface area contributed by atoms with Crippen LogP contribution in [0.25, 0.3) is 54.7 Å². The highest BCUT2D eigenvalue weighted by Gasteiger charge is 2.18. The SMILES string of the molecule is CCCN(C)Cc1nc2c(ccc3cc(-c4ccc5c(ccc6[nH]c(CN(CCC)C(=O)C[C@@H](C)CC)nc65)c4)ccc32)[nH]1. The molecule has 2 heterocycles. The van der Waals surface area contributed by atoms with E-state index < -0.39 is 0 Å². The minimum Gasteiger partial charge on any atom is -0.341 e. The summed E-state index contributed by atoms with van der Waals surface area (Å²) in [6.07, 6.45) is 3.65. The van der Waals surface area contributed by atoms with Crippen molar-refractivity contribution in [1.82, 2.24) is 29.7 Å². The number of rotatable bonds is 12. The highest BCUT2D eigenvalue weighted by atomic mass is 16.2. The highest BCUT2D eigenvalue weighted by Crippen LogP contribution is 2.32. The number of hydrogen-bond donors (Lipinski definition) is 2. The molecule has 0 aliphatic rings. The molecule has 0 radical (unpaired) electrons. The van der Waals surface area contributed by atoms with Crippen LogP contribution in [0.15, 0.2) is 60.7 Å². The highest BCUT2D eigenvalue weighted by molar-refractivity contribution is 6.07. The van der Waals surface area contributed by atoms with Gasteiger partial charge in [-0.2, -0.15) is 0 Å². The van der Waals surface area contributed by atoms with Crippen molar-refractivity contribution in [2.45, 2.75) is 66.5 Å². The van der Waals surface area contributed by atoms with Crippen LogP contribution in [-0.4, -0.2) is 55.8 Å². The van der Waals surface area contributed by atoms with Gasteiger partial charge in [-0.05, 0) is 78.5 Å². The Morgan fingerprint density at radius 2 is 1.30 bits per heavy atom. The lowest BCUT2D eigenvalue weighted by atomic mass is 9.98. The number of carbonyl (C=O) groups is 1. The molecule has 0 fully saturated rings. The van der Waals surface area contributed by atoms with Gasteiger partial charge in [-0.1, -0.05) is 70.5 Å². The zero-order chi connectivity index (χ0) is 30.8. The van der Waals surface area contributed by atoms with Gasteiger partial charge in [0.05, 0.1) is 35.2 Å². The van der Waals surface area contributed by atoms with Crippen LogP contribution in [-0.2, 0) is 17.9 Å². The number of hydrogen-bond acceptors (Lipinski definition) is 4. The fourth-order valence-electron chi connectivity index (χ4n) is 6.25. The molecule has 0 aliphatic heterocycles. The zero-order valence-electron chi connectivity index (χ0n) is 26.7. The Kier molecular flexibility index (Phi) is 8.67. The number of benzene rings is 4. The molecule has 0 aliphatic carbocycles. The molecule has 0 bridgehead atoms. The zero-order valence-corrected chi connectivity index (χ0v) is 26.7. The number of carbonyl (C=O) groups excluding carboxylic acids is 1. The smallest absolute Gasteiger partial charge is 0.223 e. The van der Waals surface area contributed by atoms with E-state index in [0.29, 0.717) is 18.9 Å². The number of imidazole rings is 2. The molecular formula is C37H44N6O. The van der Waals surface area contributed by atoms with E-state index in [1.807, 2.05) is 4.90 Å². The van der Waals surface area contributed by atoms with E-state index in [9.17, 15) is 4.79 Å². The summed E-state index contributed by atoms with van der Waals surface area (Å²) in [6, 6.07) is 21.9. The second kappa shape index (κ2) is 12.8. The number of aromatic amines is 2. The second-order valence-corrected chi connectivity index (χ2v) is 12.4. The van der Waals surface area contributed by atoms with E-state index in [2.05, 4.69) is 110 Å². The van der Waals surface area contributed by atoms with Gasteiger partial charge in [0.25, 0.3) is 0 Å². The largest absolute Gasteiger partial charge is 0.341 e. The maximum atomic E-state index is 13.0. The third-order valence-corrected chi connectivity index (χ3v) is 8.80. The predicted octanol–water partition coefficient (Wildman–Crippen LogP) is 8.43. The molecule has 0 saturated heterocycles. The van der Waals surface area contributed by atoms with E-state index in [0.717, 1.165) is 88.8 Å². The van der Waals surface area contributed by atoms with Crippen LogP contribution in [0.4, 0.5) is 0 Å². The van der Waals surface area contributed by atoms with E-state index in [-0.39, 0.29) is 5.91 Å². The Bertz CT molecular complexity index is 1940. The summed E-state index contributed by atoms with van der Waals surface area (Å²) >= 11 is 0. The van der Waals surface area contributed by atoms with Gasteiger partial charge >= 0.3 is 0 Å². The van der Waals surface area contributed by atoms with Crippen molar-refractivity contribution in [3.05, 3.63) is 72.3 Å². The fourth-order valence-corrected chi connectivity index (χ4v) is 6.25. The first-order chi connectivity index (χ1) is 21.4. The molecule has 6 rings (SSSR count). The Labute approximate surface area is 259 Å². The minimum absolute atomic E-state index is 0.208. The number of fused-ring (bicyclic) bond motifs is 6. The fraction of sp³-hybridized carbons (Fsp3) is 0.378. The van der Waals surface area contributed by atoms with E-state index in [1.54, 1.807) is 0 Å². The molecule has 228 valence electrons. The summed E-state index contributed by atoms with van der Waals surface area (Å²) in [7, 11) is 2.14. The molecule has 0 unspecified atom stereocenters. The van der Waals surface area contributed by atoms with Gasteiger partial charge in [-0.25, -0.2) is 9.97 Å². The van der Waals surface area contributed by atoms with Crippen molar-refractivity contribution < 1.29 is 4.79 Å². The van der Waals surface area contributed by atoms with Crippen molar-refractivity contribution in [2.75, 3.05) is 20.1 Å². The summed E-state index contributed by atoms with van der Waals surface area (Å²) in [5.41, 5.74) is 6.41. The van der Waals surface area contributed by atoms with E-state index >= 15 is 0 Å². The van der Waals surface area contributed by atoms with Gasteiger partial charge in [-0.15, -0.1) is 0 Å². The number of aromatic nitrogens is 4. The average Bonchev–Trinajstić information content (AvgIpc) is 3.63. The molecule has 0 saturated carbocycles. The van der Waals surface area contributed by atoms with Crippen molar-refractivity contribution in [3.63, 3.8) is 0 Å². The first-order valence-corrected chi connectivity index (χ1v) is 16.2. The lowest BCUT2D eigenvalue weighted by molar-refractivity contribution is -0.132. The topological polar surface area (TPSA) is 80.9 Å². The number of nitrogens with zero attached hydrogens (tertiary/aromatic N) is 4. The first kappa shape index (κ1) is 29.8. The lowest BCUT2D eigenvalue weighted by Gasteiger charge is -2.22. The minimum atomic E-state index is 0.208. The summed E-state index contributed by atoms with van der Waals surface area (Å²) < 4.78 is 0. The molecule has 44 heavy (non-hydrogen) atoms. The molecule has 2 aromatic heterocycles. The van der Waals surface area contributed by atoms with Crippen LogP contribution in [0.3, 0.4) is 0 Å². The molecule has 2 N–H and O–H groups in total. The third-order valence-electron chi connectivity index (χ3n) is 8.80. The summed E-state index contributed by atoms with van der Waals surface area (Å²) in [5.74, 6) is 2.44. The molecule has 6 aromatic rings. The summed E-state index contributed by atoms with van der Waals surface area (Å²) in [5, 5.41) is 4.61. The van der Waals surface area contributed by atoms with Crippen molar-refractivity contribution in [3.8, 4) is 11.1 Å². The number of nitrogens with one attached hydrogen (secondary N) is 2. The Morgan fingerprint density at radius 1 is 0.750 bits per heavy atom. The molecule has 4 aromatic carbocycles. The van der Waals surface area contributed by atoms with E-state index in [4.69, 9.17) is 9.97 Å². The van der Waals surface area contributed by atoms with Gasteiger partial charge in [0.2, 0.25) is 5.91 Å². The predicted molar refractivity (Wildman–Crippen MR) is 183 cm³/mol. The standard InChI is InChI=1S/C37H44N6O/c1-6-17-42(5)22-33-38-31-15-11-27-20-25(9-13-29(27)36(31)40-33)26-10-14-30-28(21-26)12-16-32-37(30)41-34(39-32)23-43(18-7-2)35(44)19-24(4)8-3/h9-16,20-21,24H,6-8,17-19,22-23H2,1-5H3,(H,38,40)(H,39,41)/t24-/m0/s1. The van der Waals surface area contributed by atoms with Gasteiger partial charge in [0.1, 0.15) is 11.6 Å². The maximum absolute atomic E-state index is 13.0. The van der Waals surface area contributed by atoms with Crippen LogP contribution in [0, 0.1) is 5.92 Å². The first-order valence-electron chi connectivity index (χ1n) is 16.2. The maximum Gasteiger partial charge on any atom is 0.223 e. The molecular weight excluding hydrogens is 544 g/mol. The van der Waals surface area contributed by atoms with Crippen molar-refractivity contribution in [1.29, 1.82) is 0 Å². The summed E-state index contributed by atoms with van der Waals surface area (Å²) in [6.45, 7) is 11.7. The quantitative estimate of drug-likeness (QED) is 0.150. The Morgan fingerprint density at radius 3 is 1.82 bits per heavy atom. The van der Waals surface area contributed by atoms with Crippen LogP contribution in [0.2, 0.25) is 0 Å². The second-order valence-electron chi connectivity index (χ2n) is 12.4. The lowest BCUT2D eigenvalue weighted by Crippen LogP contribution is -2.32. The Balaban J connectivity index is 1.27. The van der Waals surface area contributed by atoms with Crippen molar-refractivity contribution in [2.24, 2.45) is 5.92 Å². The van der Waals surface area contributed by atoms with Gasteiger partial charge < -0.3 is 14.9 Å². The average molecular weight is 589 g/mol. The molecule has 1 atom stereocenters. The van der Waals surface area contributed by atoms with Crippen molar-refractivity contribution >= 4 is 49.5 Å². The van der Waals surface area contributed by atoms with Crippen LogP contribution < -0.4 is 0 Å². The van der Waals surface area contributed by atoms with Gasteiger partial charge in [0, 0.05) is 23.7 Å². The molecule has 7 nitrogen and oxygen atoms in total. The number of H-pyrrole nitrogens is 2. The number of amides is 1. The monoisotopic (exact) mass is 588 g/mol.